The van der Waals surface area contributed by atoms with Crippen molar-refractivity contribution in [3.8, 4) is 5.75 Å². The number of benzene rings is 3. The smallest absolute Gasteiger partial charge is 0.251 e. The maximum absolute atomic E-state index is 13.0. The third-order valence-corrected chi connectivity index (χ3v) is 6.89. The molecule has 0 saturated carbocycles. The summed E-state index contributed by atoms with van der Waals surface area (Å²) in [5.74, 6) is 1.20. The van der Waals surface area contributed by atoms with Crippen molar-refractivity contribution in [2.75, 3.05) is 13.7 Å². The molecule has 1 aliphatic heterocycles. The lowest BCUT2D eigenvalue weighted by Crippen LogP contribution is -2.30. The van der Waals surface area contributed by atoms with Crippen molar-refractivity contribution >= 4 is 5.91 Å². The van der Waals surface area contributed by atoms with Gasteiger partial charge in [0.25, 0.3) is 5.91 Å². The molecule has 1 atom stereocenters. The minimum absolute atomic E-state index is 0.0488. The lowest BCUT2D eigenvalue weighted by Gasteiger charge is -2.28. The number of rotatable bonds is 7. The summed E-state index contributed by atoms with van der Waals surface area (Å²) in [6, 6.07) is 20.9. The average molecular weight is 457 g/mol. The van der Waals surface area contributed by atoms with Crippen LogP contribution in [0.5, 0.6) is 5.75 Å². The Hall–Kier alpha value is -3.11. The van der Waals surface area contributed by atoms with E-state index in [9.17, 15) is 4.79 Å². The van der Waals surface area contributed by atoms with Gasteiger partial charge < -0.3 is 10.1 Å². The molecule has 0 unspecified atom stereocenters. The third-order valence-electron chi connectivity index (χ3n) is 6.89. The standard InChI is InChI=1S/C30H36N2O2/c1-20(2)27-17-28(21(3)16-29(27)34-5)22(4)31-30(33)25-12-10-23(11-13-25)18-32-15-14-24-8-6-7-9-26(24)19-32/h6-13,16-17,20,22H,14-15,18-19H2,1-5H3,(H,31,33)/t22-/m1/s1. The maximum Gasteiger partial charge on any atom is 0.251 e. The van der Waals surface area contributed by atoms with Crippen molar-refractivity contribution in [3.05, 3.63) is 99.6 Å². The molecule has 4 heteroatoms. The highest BCUT2D eigenvalue weighted by molar-refractivity contribution is 5.94. The van der Waals surface area contributed by atoms with Gasteiger partial charge in [0.1, 0.15) is 5.75 Å². The van der Waals surface area contributed by atoms with Crippen LogP contribution in [0.15, 0.2) is 60.7 Å². The predicted molar refractivity (Wildman–Crippen MR) is 138 cm³/mol. The molecular weight excluding hydrogens is 420 g/mol. The molecular formula is C30H36N2O2. The molecule has 3 aromatic rings. The van der Waals surface area contributed by atoms with E-state index in [2.05, 4.69) is 79.5 Å². The zero-order valence-corrected chi connectivity index (χ0v) is 21.0. The number of hydrogen-bond donors (Lipinski definition) is 1. The van der Waals surface area contributed by atoms with Gasteiger partial charge in [-0.3, -0.25) is 9.69 Å². The van der Waals surface area contributed by atoms with Crippen molar-refractivity contribution < 1.29 is 9.53 Å². The SMILES string of the molecule is COc1cc(C)c([C@@H](C)NC(=O)c2ccc(CN3CCc4ccccc4C3)cc2)cc1C(C)C. The Balaban J connectivity index is 1.40. The van der Waals surface area contributed by atoms with E-state index in [-0.39, 0.29) is 11.9 Å². The van der Waals surface area contributed by atoms with Crippen LogP contribution in [0.4, 0.5) is 0 Å². The molecule has 0 bridgehead atoms. The Labute approximate surface area is 204 Å². The molecule has 1 aliphatic rings. The first kappa shape index (κ1) is 24.0. The molecule has 0 saturated heterocycles. The highest BCUT2D eigenvalue weighted by atomic mass is 16.5. The van der Waals surface area contributed by atoms with E-state index < -0.39 is 0 Å². The first-order valence-corrected chi connectivity index (χ1v) is 12.2. The quantitative estimate of drug-likeness (QED) is 0.462. The fourth-order valence-corrected chi connectivity index (χ4v) is 4.88. The molecule has 0 aliphatic carbocycles. The van der Waals surface area contributed by atoms with Crippen LogP contribution in [0.1, 0.15) is 76.5 Å². The normalized spacial score (nSPS) is 14.5. The van der Waals surface area contributed by atoms with Crippen molar-refractivity contribution in [1.29, 1.82) is 0 Å². The second-order valence-corrected chi connectivity index (χ2v) is 9.73. The molecule has 1 heterocycles. The lowest BCUT2D eigenvalue weighted by molar-refractivity contribution is 0.0940. The van der Waals surface area contributed by atoms with E-state index in [4.69, 9.17) is 4.74 Å². The lowest BCUT2D eigenvalue weighted by atomic mass is 9.93. The van der Waals surface area contributed by atoms with Crippen LogP contribution in [-0.4, -0.2) is 24.5 Å². The Morgan fingerprint density at radius 1 is 1.00 bits per heavy atom. The van der Waals surface area contributed by atoms with Crippen molar-refractivity contribution in [1.82, 2.24) is 10.2 Å². The van der Waals surface area contributed by atoms with Crippen LogP contribution in [0.25, 0.3) is 0 Å². The molecule has 0 fully saturated rings. The summed E-state index contributed by atoms with van der Waals surface area (Å²) in [5.41, 5.74) is 8.22. The number of carbonyl (C=O) groups excluding carboxylic acids is 1. The third kappa shape index (κ3) is 5.34. The summed E-state index contributed by atoms with van der Waals surface area (Å²) >= 11 is 0. The van der Waals surface area contributed by atoms with Gasteiger partial charge in [0.2, 0.25) is 0 Å². The molecule has 0 spiro atoms. The Kier molecular flexibility index (Phi) is 7.38. The van der Waals surface area contributed by atoms with Crippen LogP contribution in [0.3, 0.4) is 0 Å². The van der Waals surface area contributed by atoms with Gasteiger partial charge in [0.05, 0.1) is 13.2 Å². The molecule has 1 N–H and O–H groups in total. The van der Waals surface area contributed by atoms with Crippen LogP contribution < -0.4 is 10.1 Å². The number of amides is 1. The van der Waals surface area contributed by atoms with Gasteiger partial charge in [-0.25, -0.2) is 0 Å². The largest absolute Gasteiger partial charge is 0.496 e. The number of hydrogen-bond acceptors (Lipinski definition) is 3. The molecule has 4 rings (SSSR count). The number of nitrogens with one attached hydrogen (secondary N) is 1. The van der Waals surface area contributed by atoms with Crippen LogP contribution in [0, 0.1) is 6.92 Å². The van der Waals surface area contributed by atoms with Crippen molar-refractivity contribution in [3.63, 3.8) is 0 Å². The van der Waals surface area contributed by atoms with Gasteiger partial charge in [-0.1, -0.05) is 50.2 Å². The highest BCUT2D eigenvalue weighted by Gasteiger charge is 2.19. The monoisotopic (exact) mass is 456 g/mol. The van der Waals surface area contributed by atoms with Gasteiger partial charge in [-0.05, 0) is 83.8 Å². The zero-order chi connectivity index (χ0) is 24.2. The Morgan fingerprint density at radius 3 is 2.38 bits per heavy atom. The zero-order valence-electron chi connectivity index (χ0n) is 21.0. The molecule has 4 nitrogen and oxygen atoms in total. The number of aryl methyl sites for hydroxylation is 1. The van der Waals surface area contributed by atoms with Crippen LogP contribution in [0.2, 0.25) is 0 Å². The van der Waals surface area contributed by atoms with Gasteiger partial charge >= 0.3 is 0 Å². The fourth-order valence-electron chi connectivity index (χ4n) is 4.88. The van der Waals surface area contributed by atoms with Crippen molar-refractivity contribution in [2.45, 2.75) is 59.2 Å². The Bertz CT molecular complexity index is 1150. The summed E-state index contributed by atoms with van der Waals surface area (Å²) in [6.07, 6.45) is 1.10. The fraction of sp³-hybridized carbons (Fsp3) is 0.367. The van der Waals surface area contributed by atoms with Gasteiger partial charge in [0.15, 0.2) is 0 Å². The van der Waals surface area contributed by atoms with Gasteiger partial charge in [0, 0.05) is 25.2 Å². The van der Waals surface area contributed by atoms with E-state index in [1.54, 1.807) is 7.11 Å². The first-order chi connectivity index (χ1) is 16.4. The molecule has 3 aromatic carbocycles. The molecule has 0 aromatic heterocycles. The predicted octanol–water partition coefficient (Wildman–Crippen LogP) is 6.18. The minimum atomic E-state index is -0.0935. The molecule has 178 valence electrons. The van der Waals surface area contributed by atoms with Crippen LogP contribution >= 0.6 is 0 Å². The molecule has 34 heavy (non-hydrogen) atoms. The van der Waals surface area contributed by atoms with Gasteiger partial charge in [-0.2, -0.15) is 0 Å². The minimum Gasteiger partial charge on any atom is -0.496 e. The Morgan fingerprint density at radius 2 is 1.71 bits per heavy atom. The number of fused-ring (bicyclic) bond motifs is 1. The maximum atomic E-state index is 13.0. The topological polar surface area (TPSA) is 41.6 Å². The van der Waals surface area contributed by atoms with E-state index in [0.717, 1.165) is 48.5 Å². The molecule has 0 radical (unpaired) electrons. The summed E-state index contributed by atoms with van der Waals surface area (Å²) in [5, 5.41) is 3.18. The number of nitrogens with zero attached hydrogens (tertiary/aromatic N) is 1. The number of ether oxygens (including phenoxy) is 1. The second-order valence-electron chi connectivity index (χ2n) is 9.73. The number of carbonyl (C=O) groups is 1. The first-order valence-electron chi connectivity index (χ1n) is 12.2. The second kappa shape index (κ2) is 10.4. The summed E-state index contributed by atoms with van der Waals surface area (Å²) in [6.45, 7) is 11.4. The number of methoxy groups -OCH3 is 1. The summed E-state index contributed by atoms with van der Waals surface area (Å²) in [4.78, 5) is 15.4. The van der Waals surface area contributed by atoms with E-state index in [0.29, 0.717) is 11.5 Å². The highest BCUT2D eigenvalue weighted by Crippen LogP contribution is 2.32. The summed E-state index contributed by atoms with van der Waals surface area (Å²) in [7, 11) is 1.71. The van der Waals surface area contributed by atoms with E-state index in [1.807, 2.05) is 19.1 Å². The average Bonchev–Trinajstić information content (AvgIpc) is 2.83. The van der Waals surface area contributed by atoms with E-state index >= 15 is 0 Å². The van der Waals surface area contributed by atoms with E-state index in [1.165, 1.54) is 16.7 Å². The summed E-state index contributed by atoms with van der Waals surface area (Å²) < 4.78 is 5.56. The van der Waals surface area contributed by atoms with Gasteiger partial charge in [-0.15, -0.1) is 0 Å². The van der Waals surface area contributed by atoms with Crippen molar-refractivity contribution in [2.24, 2.45) is 0 Å². The molecule has 1 amide bonds. The van der Waals surface area contributed by atoms with Crippen LogP contribution in [-0.2, 0) is 19.5 Å².